The minimum absolute atomic E-state index is 0.0398. The van der Waals surface area contributed by atoms with E-state index in [9.17, 15) is 4.79 Å². The van der Waals surface area contributed by atoms with Crippen molar-refractivity contribution < 1.29 is 9.88 Å². The highest BCUT2D eigenvalue weighted by atomic mass is 32.1. The van der Waals surface area contributed by atoms with Crippen LogP contribution in [0.15, 0.2) is 64.9 Å². The Kier molecular flexibility index (Phi) is 4.83. The molecule has 146 valence electrons. The highest BCUT2D eigenvalue weighted by Crippen LogP contribution is 2.30. The third kappa shape index (κ3) is 3.66. The van der Waals surface area contributed by atoms with Crippen LogP contribution in [0, 0.1) is 0 Å². The first-order chi connectivity index (χ1) is 14.3. The molecule has 1 aromatic carbocycles. The topological polar surface area (TPSA) is 67.6 Å². The normalized spacial score (nSPS) is 15.1. The van der Waals surface area contributed by atoms with Crippen LogP contribution < -0.4 is 20.3 Å². The highest BCUT2D eigenvalue weighted by molar-refractivity contribution is 7.17. The predicted octanol–water partition coefficient (Wildman–Crippen LogP) is 1.37. The van der Waals surface area contributed by atoms with E-state index in [2.05, 4.69) is 27.0 Å². The van der Waals surface area contributed by atoms with Gasteiger partial charge in [-0.3, -0.25) is 9.69 Å². The molecule has 29 heavy (non-hydrogen) atoms. The number of fused-ring (bicyclic) bond motifs is 1. The Morgan fingerprint density at radius 1 is 1.10 bits per heavy atom. The largest absolute Gasteiger partial charge is 0.322 e. The number of aromatic amines is 2. The lowest BCUT2D eigenvalue weighted by Crippen LogP contribution is -3.13. The molecule has 3 N–H and O–H groups in total. The number of nitrogens with one attached hydrogen (secondary N) is 3. The van der Waals surface area contributed by atoms with Crippen LogP contribution in [-0.2, 0) is 6.54 Å². The third-order valence-corrected chi connectivity index (χ3v) is 6.37. The van der Waals surface area contributed by atoms with Crippen molar-refractivity contribution in [3.8, 4) is 11.1 Å². The van der Waals surface area contributed by atoms with Crippen molar-refractivity contribution in [3.63, 3.8) is 0 Å². The number of piperazine rings is 1. The molecule has 1 saturated heterocycles. The summed E-state index contributed by atoms with van der Waals surface area (Å²) in [7, 11) is 0. The zero-order chi connectivity index (χ0) is 19.6. The Morgan fingerprint density at radius 3 is 2.66 bits per heavy atom. The summed E-state index contributed by atoms with van der Waals surface area (Å²) in [6, 6.07) is 16.2. The number of rotatable bonds is 4. The van der Waals surface area contributed by atoms with Gasteiger partial charge in [0.1, 0.15) is 37.6 Å². The molecule has 7 heteroatoms. The zero-order valence-corrected chi connectivity index (χ0v) is 16.8. The molecular weight excluding hydrogens is 382 g/mol. The summed E-state index contributed by atoms with van der Waals surface area (Å²) in [6.45, 7) is 4.75. The average Bonchev–Trinajstić information content (AvgIpc) is 3.20. The van der Waals surface area contributed by atoms with E-state index in [0.717, 1.165) is 60.3 Å². The smallest absolute Gasteiger partial charge is 0.274 e. The molecular formula is C22H23N5OS+2. The van der Waals surface area contributed by atoms with Gasteiger partial charge in [-0.25, -0.2) is 9.97 Å². The number of quaternary nitrogens is 1. The molecule has 0 spiro atoms. The summed E-state index contributed by atoms with van der Waals surface area (Å²) in [5, 5.41) is 2.73. The van der Waals surface area contributed by atoms with Gasteiger partial charge in [0.25, 0.3) is 11.4 Å². The number of thiophene rings is 1. The van der Waals surface area contributed by atoms with Gasteiger partial charge >= 0.3 is 0 Å². The summed E-state index contributed by atoms with van der Waals surface area (Å²) in [5.41, 5.74) is 1.98. The van der Waals surface area contributed by atoms with E-state index in [-0.39, 0.29) is 5.56 Å². The number of H-pyrrole nitrogens is 2. The van der Waals surface area contributed by atoms with E-state index in [1.54, 1.807) is 11.3 Å². The van der Waals surface area contributed by atoms with E-state index < -0.39 is 0 Å². The number of hydrogen-bond donors (Lipinski definition) is 2. The molecule has 0 amide bonds. The van der Waals surface area contributed by atoms with Crippen LogP contribution in [0.25, 0.3) is 21.3 Å². The standard InChI is InChI=1S/C22H21N5OS/c28-21-20-17(16-6-2-1-3-7-16)15-29-22(20)25-18(24-21)14-26-10-12-27(13-11-26)19-8-4-5-9-23-19/h1-9,15H,10-14H2,(H,24,25,28)/p+2. The maximum absolute atomic E-state index is 12.8. The summed E-state index contributed by atoms with van der Waals surface area (Å²) in [4.78, 5) is 28.6. The third-order valence-electron chi connectivity index (χ3n) is 5.50. The molecule has 6 nitrogen and oxygen atoms in total. The quantitative estimate of drug-likeness (QED) is 0.539. The van der Waals surface area contributed by atoms with Crippen LogP contribution in [0.4, 0.5) is 5.82 Å². The second-order valence-corrected chi connectivity index (χ2v) is 8.23. The van der Waals surface area contributed by atoms with Crippen LogP contribution >= 0.6 is 11.3 Å². The van der Waals surface area contributed by atoms with Crippen LogP contribution in [0.5, 0.6) is 0 Å². The van der Waals surface area contributed by atoms with Crippen molar-refractivity contribution in [1.82, 2.24) is 9.97 Å². The number of benzene rings is 1. The first kappa shape index (κ1) is 18.0. The van der Waals surface area contributed by atoms with Gasteiger partial charge in [-0.2, -0.15) is 0 Å². The lowest BCUT2D eigenvalue weighted by Gasteiger charge is -2.27. The van der Waals surface area contributed by atoms with Gasteiger partial charge in [-0.15, -0.1) is 11.3 Å². The zero-order valence-electron chi connectivity index (χ0n) is 16.0. The highest BCUT2D eigenvalue weighted by Gasteiger charge is 2.26. The number of hydrogen-bond acceptors (Lipinski definition) is 4. The second-order valence-electron chi connectivity index (χ2n) is 7.37. The minimum atomic E-state index is -0.0398. The molecule has 0 saturated carbocycles. The minimum Gasteiger partial charge on any atom is -0.322 e. The van der Waals surface area contributed by atoms with E-state index in [0.29, 0.717) is 5.39 Å². The van der Waals surface area contributed by atoms with Crippen LogP contribution in [-0.4, -0.2) is 36.1 Å². The fourth-order valence-electron chi connectivity index (χ4n) is 3.97. The first-order valence-electron chi connectivity index (χ1n) is 9.89. The Balaban J connectivity index is 1.33. The molecule has 4 heterocycles. The van der Waals surface area contributed by atoms with Gasteiger partial charge in [-0.05, 0) is 11.6 Å². The van der Waals surface area contributed by atoms with Crippen LogP contribution in [0.1, 0.15) is 5.82 Å². The van der Waals surface area contributed by atoms with Gasteiger partial charge in [0.05, 0.1) is 11.6 Å². The van der Waals surface area contributed by atoms with E-state index in [4.69, 9.17) is 4.98 Å². The summed E-state index contributed by atoms with van der Waals surface area (Å²) < 4.78 is 0. The van der Waals surface area contributed by atoms with Gasteiger partial charge in [0.15, 0.2) is 5.82 Å². The fraction of sp³-hybridized carbons (Fsp3) is 0.227. The maximum atomic E-state index is 12.8. The molecule has 0 radical (unpaired) electrons. The molecule has 5 rings (SSSR count). The molecule has 0 bridgehead atoms. The molecule has 1 fully saturated rings. The van der Waals surface area contributed by atoms with Gasteiger partial charge < -0.3 is 9.88 Å². The lowest BCUT2D eigenvalue weighted by atomic mass is 10.1. The molecule has 0 atom stereocenters. The molecule has 1 aliphatic rings. The molecule has 0 unspecified atom stereocenters. The number of nitrogens with zero attached hydrogens (tertiary/aromatic N) is 2. The lowest BCUT2D eigenvalue weighted by molar-refractivity contribution is -0.915. The number of anilines is 1. The maximum Gasteiger partial charge on any atom is 0.274 e. The van der Waals surface area contributed by atoms with Crippen molar-refractivity contribution in [1.29, 1.82) is 0 Å². The second kappa shape index (κ2) is 7.77. The Labute approximate surface area is 172 Å². The van der Waals surface area contributed by atoms with Crippen molar-refractivity contribution in [2.75, 3.05) is 31.1 Å². The Bertz CT molecular complexity index is 1160. The van der Waals surface area contributed by atoms with Gasteiger partial charge in [0.2, 0.25) is 0 Å². The van der Waals surface area contributed by atoms with Crippen molar-refractivity contribution >= 4 is 27.4 Å². The SMILES string of the molecule is O=c1[nH]c(C[NH+]2CCN(c3cccc[nH+]3)CC2)nc2scc(-c3ccccc3)c12. The fourth-order valence-corrected chi connectivity index (χ4v) is 4.93. The molecule has 1 aliphatic heterocycles. The van der Waals surface area contributed by atoms with Gasteiger partial charge in [0, 0.05) is 17.0 Å². The van der Waals surface area contributed by atoms with E-state index in [1.165, 1.54) is 4.90 Å². The van der Waals surface area contributed by atoms with E-state index >= 15 is 0 Å². The van der Waals surface area contributed by atoms with E-state index in [1.807, 2.05) is 48.0 Å². The van der Waals surface area contributed by atoms with Crippen molar-refractivity contribution in [2.45, 2.75) is 6.54 Å². The summed E-state index contributed by atoms with van der Waals surface area (Å²) in [6.07, 6.45) is 1.96. The summed E-state index contributed by atoms with van der Waals surface area (Å²) in [5.74, 6) is 1.94. The Hall–Kier alpha value is -3.03. The molecule has 4 aromatic rings. The number of aromatic nitrogens is 3. The monoisotopic (exact) mass is 405 g/mol. The van der Waals surface area contributed by atoms with Crippen molar-refractivity contribution in [2.24, 2.45) is 0 Å². The van der Waals surface area contributed by atoms with Crippen molar-refractivity contribution in [3.05, 3.63) is 76.3 Å². The first-order valence-corrected chi connectivity index (χ1v) is 10.8. The Morgan fingerprint density at radius 2 is 1.90 bits per heavy atom. The molecule has 3 aromatic heterocycles. The van der Waals surface area contributed by atoms with Gasteiger partial charge in [-0.1, -0.05) is 36.4 Å². The number of pyridine rings is 1. The van der Waals surface area contributed by atoms with Crippen LogP contribution in [0.2, 0.25) is 0 Å². The molecule has 0 aliphatic carbocycles. The summed E-state index contributed by atoms with van der Waals surface area (Å²) >= 11 is 1.54. The predicted molar refractivity (Wildman–Crippen MR) is 115 cm³/mol. The van der Waals surface area contributed by atoms with Crippen LogP contribution in [0.3, 0.4) is 0 Å². The average molecular weight is 406 g/mol.